The Morgan fingerprint density at radius 3 is 2.95 bits per heavy atom. The fraction of sp³-hybridized carbons (Fsp3) is 0.643. The first-order valence-corrected chi connectivity index (χ1v) is 6.81. The first kappa shape index (κ1) is 14.2. The highest BCUT2D eigenvalue weighted by atomic mass is 16.3. The predicted octanol–water partition coefficient (Wildman–Crippen LogP) is 0.772. The molecule has 0 amide bonds. The number of aromatic hydroxyl groups is 1. The van der Waals surface area contributed by atoms with Crippen molar-refractivity contribution in [3.8, 4) is 5.75 Å². The van der Waals surface area contributed by atoms with Gasteiger partial charge in [-0.05, 0) is 33.4 Å². The smallest absolute Gasteiger partial charge is 0.141 e. The van der Waals surface area contributed by atoms with Gasteiger partial charge in [-0.15, -0.1) is 0 Å². The fourth-order valence-electron chi connectivity index (χ4n) is 2.62. The van der Waals surface area contributed by atoms with Crippen molar-refractivity contribution in [3.63, 3.8) is 0 Å². The molecule has 2 heterocycles. The van der Waals surface area contributed by atoms with Crippen LogP contribution in [0.1, 0.15) is 29.7 Å². The van der Waals surface area contributed by atoms with Crippen molar-refractivity contribution in [1.82, 2.24) is 15.2 Å². The highest BCUT2D eigenvalue weighted by molar-refractivity contribution is 5.40. The lowest BCUT2D eigenvalue weighted by Gasteiger charge is -2.20. The Balaban J connectivity index is 1.97. The molecule has 1 aromatic rings. The van der Waals surface area contributed by atoms with Gasteiger partial charge in [0.25, 0.3) is 0 Å². The summed E-state index contributed by atoms with van der Waals surface area (Å²) in [5, 5.41) is 22.7. The van der Waals surface area contributed by atoms with E-state index in [2.05, 4.69) is 22.2 Å². The summed E-state index contributed by atoms with van der Waals surface area (Å²) in [6, 6.07) is 0.572. The summed E-state index contributed by atoms with van der Waals surface area (Å²) >= 11 is 0. The SMILES string of the molecule is Cc1ncc(CO)c(CNCC2CCCN2C)c1O. The van der Waals surface area contributed by atoms with Gasteiger partial charge in [0, 0.05) is 36.5 Å². The van der Waals surface area contributed by atoms with Gasteiger partial charge in [0.1, 0.15) is 5.75 Å². The largest absolute Gasteiger partial charge is 0.506 e. The quantitative estimate of drug-likeness (QED) is 0.734. The molecule has 0 bridgehead atoms. The van der Waals surface area contributed by atoms with E-state index in [-0.39, 0.29) is 12.4 Å². The Bertz CT molecular complexity index is 437. The Hall–Kier alpha value is -1.17. The molecular formula is C14H23N3O2. The number of pyridine rings is 1. The van der Waals surface area contributed by atoms with Crippen LogP contribution >= 0.6 is 0 Å². The number of nitrogens with zero attached hydrogens (tertiary/aromatic N) is 2. The molecule has 2 rings (SSSR count). The lowest BCUT2D eigenvalue weighted by Crippen LogP contribution is -2.35. The zero-order valence-electron chi connectivity index (χ0n) is 11.7. The molecule has 0 aliphatic carbocycles. The lowest BCUT2D eigenvalue weighted by atomic mass is 10.1. The second kappa shape index (κ2) is 6.32. The Kier molecular flexibility index (Phi) is 4.74. The Labute approximate surface area is 114 Å². The molecule has 1 aliphatic rings. The zero-order valence-corrected chi connectivity index (χ0v) is 11.7. The van der Waals surface area contributed by atoms with Gasteiger partial charge >= 0.3 is 0 Å². The van der Waals surface area contributed by atoms with Crippen molar-refractivity contribution in [2.24, 2.45) is 0 Å². The van der Waals surface area contributed by atoms with E-state index >= 15 is 0 Å². The van der Waals surface area contributed by atoms with Crippen LogP contribution in [0.2, 0.25) is 0 Å². The van der Waals surface area contributed by atoms with E-state index in [1.165, 1.54) is 12.8 Å². The molecular weight excluding hydrogens is 242 g/mol. The van der Waals surface area contributed by atoms with Crippen LogP contribution in [-0.2, 0) is 13.2 Å². The molecule has 19 heavy (non-hydrogen) atoms. The number of aromatic nitrogens is 1. The first-order chi connectivity index (χ1) is 9.13. The fourth-order valence-corrected chi connectivity index (χ4v) is 2.62. The summed E-state index contributed by atoms with van der Waals surface area (Å²) < 4.78 is 0. The monoisotopic (exact) mass is 265 g/mol. The number of aliphatic hydroxyl groups is 1. The summed E-state index contributed by atoms with van der Waals surface area (Å²) in [7, 11) is 2.15. The Morgan fingerprint density at radius 1 is 1.53 bits per heavy atom. The molecule has 0 radical (unpaired) electrons. The van der Waals surface area contributed by atoms with Crippen LogP contribution < -0.4 is 5.32 Å². The average molecular weight is 265 g/mol. The molecule has 0 aromatic carbocycles. The highest BCUT2D eigenvalue weighted by Gasteiger charge is 2.20. The van der Waals surface area contributed by atoms with Crippen LogP contribution in [0, 0.1) is 6.92 Å². The molecule has 0 spiro atoms. The van der Waals surface area contributed by atoms with Gasteiger partial charge in [0.2, 0.25) is 0 Å². The zero-order chi connectivity index (χ0) is 13.8. The minimum Gasteiger partial charge on any atom is -0.506 e. The number of rotatable bonds is 5. The van der Waals surface area contributed by atoms with Crippen molar-refractivity contribution in [2.75, 3.05) is 20.1 Å². The standard InChI is InChI=1S/C14H23N3O2/c1-10-14(19)13(11(9-18)6-16-10)8-15-7-12-4-3-5-17(12)2/h6,12,15,18-19H,3-5,7-9H2,1-2H3. The molecule has 1 atom stereocenters. The summed E-state index contributed by atoms with van der Waals surface area (Å²) in [6.45, 7) is 4.30. The van der Waals surface area contributed by atoms with Crippen LogP contribution in [-0.4, -0.2) is 46.3 Å². The van der Waals surface area contributed by atoms with Gasteiger partial charge in [-0.2, -0.15) is 0 Å². The van der Waals surface area contributed by atoms with Gasteiger partial charge in [-0.1, -0.05) is 0 Å². The normalized spacial score (nSPS) is 20.1. The molecule has 5 heteroatoms. The molecule has 3 N–H and O–H groups in total. The lowest BCUT2D eigenvalue weighted by molar-refractivity contribution is 0.277. The summed E-state index contributed by atoms with van der Waals surface area (Å²) in [4.78, 5) is 6.42. The van der Waals surface area contributed by atoms with Gasteiger partial charge in [0.05, 0.1) is 12.3 Å². The van der Waals surface area contributed by atoms with E-state index in [4.69, 9.17) is 0 Å². The minimum absolute atomic E-state index is 0.0960. The first-order valence-electron chi connectivity index (χ1n) is 6.81. The maximum absolute atomic E-state index is 10.0. The van der Waals surface area contributed by atoms with Crippen molar-refractivity contribution in [3.05, 3.63) is 23.0 Å². The third kappa shape index (κ3) is 3.23. The number of nitrogens with one attached hydrogen (secondary N) is 1. The second-order valence-corrected chi connectivity index (χ2v) is 5.26. The van der Waals surface area contributed by atoms with E-state index in [0.717, 1.165) is 18.7 Å². The van der Waals surface area contributed by atoms with Crippen molar-refractivity contribution in [1.29, 1.82) is 0 Å². The number of hydrogen-bond acceptors (Lipinski definition) is 5. The number of likely N-dealkylation sites (tertiary alicyclic amines) is 1. The van der Waals surface area contributed by atoms with E-state index in [0.29, 0.717) is 23.8 Å². The topological polar surface area (TPSA) is 68.6 Å². The molecule has 1 saturated heterocycles. The van der Waals surface area contributed by atoms with E-state index in [1.807, 2.05) is 0 Å². The van der Waals surface area contributed by atoms with Crippen LogP contribution in [0.25, 0.3) is 0 Å². The molecule has 5 nitrogen and oxygen atoms in total. The molecule has 1 fully saturated rings. The second-order valence-electron chi connectivity index (χ2n) is 5.26. The maximum Gasteiger partial charge on any atom is 0.141 e. The van der Waals surface area contributed by atoms with Crippen molar-refractivity contribution in [2.45, 2.75) is 39.0 Å². The molecule has 1 unspecified atom stereocenters. The molecule has 1 aliphatic heterocycles. The van der Waals surface area contributed by atoms with Crippen LogP contribution in [0.15, 0.2) is 6.20 Å². The summed E-state index contributed by atoms with van der Waals surface area (Å²) in [5.41, 5.74) is 2.05. The number of aliphatic hydroxyl groups excluding tert-OH is 1. The number of likely N-dealkylation sites (N-methyl/N-ethyl adjacent to an activating group) is 1. The highest BCUT2D eigenvalue weighted by Crippen LogP contribution is 2.23. The van der Waals surface area contributed by atoms with E-state index < -0.39 is 0 Å². The third-order valence-electron chi connectivity index (χ3n) is 3.95. The van der Waals surface area contributed by atoms with E-state index in [1.54, 1.807) is 13.1 Å². The molecule has 0 saturated carbocycles. The maximum atomic E-state index is 10.0. The number of hydrogen-bond donors (Lipinski definition) is 3. The van der Waals surface area contributed by atoms with Gasteiger partial charge in [0.15, 0.2) is 0 Å². The van der Waals surface area contributed by atoms with Crippen molar-refractivity contribution >= 4 is 0 Å². The van der Waals surface area contributed by atoms with E-state index in [9.17, 15) is 10.2 Å². The molecule has 1 aromatic heterocycles. The average Bonchev–Trinajstić information content (AvgIpc) is 2.80. The Morgan fingerprint density at radius 2 is 2.32 bits per heavy atom. The van der Waals surface area contributed by atoms with Crippen LogP contribution in [0.4, 0.5) is 0 Å². The third-order valence-corrected chi connectivity index (χ3v) is 3.95. The van der Waals surface area contributed by atoms with Gasteiger partial charge in [-0.3, -0.25) is 4.98 Å². The summed E-state index contributed by atoms with van der Waals surface area (Å²) in [6.07, 6.45) is 4.11. The molecule has 106 valence electrons. The van der Waals surface area contributed by atoms with Gasteiger partial charge < -0.3 is 20.4 Å². The predicted molar refractivity (Wildman–Crippen MR) is 73.9 cm³/mol. The summed E-state index contributed by atoms with van der Waals surface area (Å²) in [5.74, 6) is 0.193. The number of aryl methyl sites for hydroxylation is 1. The van der Waals surface area contributed by atoms with Crippen molar-refractivity contribution < 1.29 is 10.2 Å². The minimum atomic E-state index is -0.0960. The van der Waals surface area contributed by atoms with Crippen LogP contribution in [0.3, 0.4) is 0 Å². The van der Waals surface area contributed by atoms with Crippen LogP contribution in [0.5, 0.6) is 5.75 Å². The van der Waals surface area contributed by atoms with Gasteiger partial charge in [-0.25, -0.2) is 0 Å².